The van der Waals surface area contributed by atoms with Gasteiger partial charge in [0.15, 0.2) is 0 Å². The fourth-order valence-electron chi connectivity index (χ4n) is 3.32. The Morgan fingerprint density at radius 2 is 2.03 bits per heavy atom. The molecule has 4 rings (SSSR count). The lowest BCUT2D eigenvalue weighted by Gasteiger charge is -2.17. The first kappa shape index (κ1) is 20.2. The molecule has 0 atom stereocenters. The maximum Gasteiger partial charge on any atom is 0.268 e. The van der Waals surface area contributed by atoms with Gasteiger partial charge in [0.2, 0.25) is 5.91 Å². The summed E-state index contributed by atoms with van der Waals surface area (Å²) in [5.74, 6) is 0.283. The van der Waals surface area contributed by atoms with Crippen LogP contribution in [0.3, 0.4) is 0 Å². The minimum Gasteiger partial charge on any atom is -0.492 e. The van der Waals surface area contributed by atoms with E-state index < -0.39 is 0 Å². The summed E-state index contributed by atoms with van der Waals surface area (Å²) >= 11 is 7.69. The molecule has 1 aliphatic rings. The molecule has 0 fully saturated rings. The zero-order chi connectivity index (χ0) is 21.3. The SMILES string of the molecule is C=CC(=O)Nc1ccc2c(c1)OCCc1cc(C(=O)N(C)c3ccccc3Cl)sc1-2. The smallest absolute Gasteiger partial charge is 0.268 e. The molecule has 30 heavy (non-hydrogen) atoms. The van der Waals surface area contributed by atoms with Crippen molar-refractivity contribution in [3.8, 4) is 16.2 Å². The summed E-state index contributed by atoms with van der Waals surface area (Å²) < 4.78 is 5.89. The second-order valence-electron chi connectivity index (χ2n) is 6.78. The molecule has 152 valence electrons. The third-order valence-electron chi connectivity index (χ3n) is 4.85. The molecule has 3 aromatic rings. The number of hydrogen-bond acceptors (Lipinski definition) is 4. The van der Waals surface area contributed by atoms with Crippen molar-refractivity contribution >= 4 is 46.1 Å². The van der Waals surface area contributed by atoms with Crippen LogP contribution in [0.2, 0.25) is 5.02 Å². The summed E-state index contributed by atoms with van der Waals surface area (Å²) in [6.07, 6.45) is 1.91. The Kier molecular flexibility index (Phi) is 5.61. The van der Waals surface area contributed by atoms with Crippen LogP contribution in [0.1, 0.15) is 15.2 Å². The van der Waals surface area contributed by atoms with E-state index in [1.807, 2.05) is 36.4 Å². The topological polar surface area (TPSA) is 58.6 Å². The number of hydrogen-bond donors (Lipinski definition) is 1. The number of rotatable bonds is 4. The van der Waals surface area contributed by atoms with Gasteiger partial charge in [-0.15, -0.1) is 11.3 Å². The van der Waals surface area contributed by atoms with E-state index in [1.165, 1.54) is 17.4 Å². The van der Waals surface area contributed by atoms with Gasteiger partial charge >= 0.3 is 0 Å². The summed E-state index contributed by atoms with van der Waals surface area (Å²) in [6, 6.07) is 14.7. The largest absolute Gasteiger partial charge is 0.492 e. The zero-order valence-corrected chi connectivity index (χ0v) is 17.8. The highest BCUT2D eigenvalue weighted by Crippen LogP contribution is 2.42. The Labute approximate surface area is 183 Å². The molecule has 2 amide bonds. The second kappa shape index (κ2) is 8.34. The van der Waals surface area contributed by atoms with Gasteiger partial charge < -0.3 is 15.0 Å². The molecular weight excluding hydrogens is 420 g/mol. The Morgan fingerprint density at radius 1 is 1.23 bits per heavy atom. The normalized spacial score (nSPS) is 12.1. The number of anilines is 2. The monoisotopic (exact) mass is 438 g/mol. The predicted octanol–water partition coefficient (Wildman–Crippen LogP) is 5.40. The first-order valence-electron chi connectivity index (χ1n) is 9.34. The first-order valence-corrected chi connectivity index (χ1v) is 10.5. The van der Waals surface area contributed by atoms with Gasteiger partial charge in [-0.25, -0.2) is 0 Å². The Hall–Kier alpha value is -3.09. The van der Waals surface area contributed by atoms with E-state index in [0.717, 1.165) is 16.0 Å². The van der Waals surface area contributed by atoms with Crippen molar-refractivity contribution in [1.82, 2.24) is 0 Å². The molecule has 0 saturated heterocycles. The minimum absolute atomic E-state index is 0.112. The van der Waals surface area contributed by atoms with Crippen molar-refractivity contribution < 1.29 is 14.3 Å². The van der Waals surface area contributed by atoms with E-state index in [-0.39, 0.29) is 11.8 Å². The van der Waals surface area contributed by atoms with Crippen LogP contribution in [0.5, 0.6) is 5.75 Å². The molecule has 0 aliphatic carbocycles. The molecule has 1 aliphatic heterocycles. The third-order valence-corrected chi connectivity index (χ3v) is 6.36. The van der Waals surface area contributed by atoms with E-state index in [1.54, 1.807) is 24.1 Å². The van der Waals surface area contributed by atoms with Crippen LogP contribution in [-0.4, -0.2) is 25.5 Å². The summed E-state index contributed by atoms with van der Waals surface area (Å²) in [7, 11) is 1.72. The molecule has 2 aromatic carbocycles. The van der Waals surface area contributed by atoms with Gasteiger partial charge in [0.05, 0.1) is 22.2 Å². The summed E-state index contributed by atoms with van der Waals surface area (Å²) in [6.45, 7) is 3.95. The van der Waals surface area contributed by atoms with E-state index in [9.17, 15) is 9.59 Å². The number of amides is 2. The van der Waals surface area contributed by atoms with E-state index in [0.29, 0.717) is 40.1 Å². The number of para-hydroxylation sites is 1. The van der Waals surface area contributed by atoms with Crippen molar-refractivity contribution in [2.24, 2.45) is 0 Å². The number of nitrogens with one attached hydrogen (secondary N) is 1. The fourth-order valence-corrected chi connectivity index (χ4v) is 4.80. The van der Waals surface area contributed by atoms with Gasteiger partial charge in [0.1, 0.15) is 5.75 Å². The van der Waals surface area contributed by atoms with Crippen LogP contribution in [0.4, 0.5) is 11.4 Å². The summed E-state index contributed by atoms with van der Waals surface area (Å²) in [5, 5.41) is 3.27. The number of thiophene rings is 1. The van der Waals surface area contributed by atoms with Crippen LogP contribution in [-0.2, 0) is 11.2 Å². The molecule has 1 N–H and O–H groups in total. The Morgan fingerprint density at radius 3 is 2.80 bits per heavy atom. The quantitative estimate of drug-likeness (QED) is 0.554. The first-order chi connectivity index (χ1) is 14.5. The molecule has 0 spiro atoms. The van der Waals surface area contributed by atoms with Gasteiger partial charge in [0, 0.05) is 35.7 Å². The average molecular weight is 439 g/mol. The van der Waals surface area contributed by atoms with Gasteiger partial charge in [0.25, 0.3) is 5.91 Å². The molecule has 7 heteroatoms. The van der Waals surface area contributed by atoms with Crippen molar-refractivity contribution in [2.45, 2.75) is 6.42 Å². The Balaban J connectivity index is 1.67. The van der Waals surface area contributed by atoms with Gasteiger partial charge in [-0.1, -0.05) is 30.3 Å². The molecule has 2 heterocycles. The molecular formula is C23H19ClN2O3S. The number of fused-ring (bicyclic) bond motifs is 3. The van der Waals surface area contributed by atoms with E-state index >= 15 is 0 Å². The molecule has 0 bridgehead atoms. The Bertz CT molecular complexity index is 1160. The number of nitrogens with zero attached hydrogens (tertiary/aromatic N) is 1. The summed E-state index contributed by atoms with van der Waals surface area (Å²) in [4.78, 5) is 27.9. The maximum atomic E-state index is 13.1. The van der Waals surface area contributed by atoms with E-state index in [2.05, 4.69) is 11.9 Å². The summed E-state index contributed by atoms with van der Waals surface area (Å²) in [5.41, 5.74) is 3.27. The van der Waals surface area contributed by atoms with Crippen LogP contribution < -0.4 is 15.0 Å². The second-order valence-corrected chi connectivity index (χ2v) is 8.24. The van der Waals surface area contributed by atoms with E-state index in [4.69, 9.17) is 16.3 Å². The number of ether oxygens (including phenoxy) is 1. The number of halogens is 1. The zero-order valence-electron chi connectivity index (χ0n) is 16.3. The molecule has 0 radical (unpaired) electrons. The lowest BCUT2D eigenvalue weighted by atomic mass is 10.1. The number of carbonyl (C=O) groups excluding carboxylic acids is 2. The van der Waals surface area contributed by atoms with Gasteiger partial charge in [-0.2, -0.15) is 0 Å². The highest BCUT2D eigenvalue weighted by Gasteiger charge is 2.24. The number of carbonyl (C=O) groups is 2. The molecule has 1 aromatic heterocycles. The van der Waals surface area contributed by atoms with Crippen molar-refractivity contribution in [3.63, 3.8) is 0 Å². The van der Waals surface area contributed by atoms with Crippen molar-refractivity contribution in [2.75, 3.05) is 23.9 Å². The standard InChI is InChI=1S/C23H19ClN2O3S/c1-3-21(27)25-15-8-9-16-19(13-15)29-11-10-14-12-20(30-22(14)16)23(28)26(2)18-7-5-4-6-17(18)24/h3-9,12-13H,1,10-11H2,2H3,(H,25,27). The fraction of sp³-hybridized carbons (Fsp3) is 0.130. The number of benzene rings is 2. The lowest BCUT2D eigenvalue weighted by molar-refractivity contribution is -0.111. The predicted molar refractivity (Wildman–Crippen MR) is 122 cm³/mol. The van der Waals surface area contributed by atoms with Crippen LogP contribution >= 0.6 is 22.9 Å². The van der Waals surface area contributed by atoms with Crippen molar-refractivity contribution in [1.29, 1.82) is 0 Å². The molecule has 5 nitrogen and oxygen atoms in total. The highest BCUT2D eigenvalue weighted by molar-refractivity contribution is 7.17. The molecule has 0 unspecified atom stereocenters. The highest BCUT2D eigenvalue weighted by atomic mass is 35.5. The van der Waals surface area contributed by atoms with Gasteiger partial charge in [-0.3, -0.25) is 9.59 Å². The van der Waals surface area contributed by atoms with Crippen molar-refractivity contribution in [3.05, 3.63) is 76.6 Å². The van der Waals surface area contributed by atoms with Crippen LogP contribution in [0, 0.1) is 0 Å². The van der Waals surface area contributed by atoms with Crippen LogP contribution in [0.25, 0.3) is 10.4 Å². The average Bonchev–Trinajstić information content (AvgIpc) is 3.09. The molecule has 0 saturated carbocycles. The maximum absolute atomic E-state index is 13.1. The minimum atomic E-state index is -0.282. The van der Waals surface area contributed by atoms with Crippen LogP contribution in [0.15, 0.2) is 61.2 Å². The lowest BCUT2D eigenvalue weighted by Crippen LogP contribution is -2.25. The third kappa shape index (κ3) is 3.84. The van der Waals surface area contributed by atoms with Gasteiger partial charge in [-0.05, 0) is 42.0 Å².